The molecule has 1 saturated heterocycles. The molecule has 1 aromatic heterocycles. The van der Waals surface area contributed by atoms with Gasteiger partial charge in [0, 0.05) is 32.1 Å². The van der Waals surface area contributed by atoms with Gasteiger partial charge in [-0.15, -0.1) is 0 Å². The number of ether oxygens (including phenoxy) is 1. The normalized spacial score (nSPS) is 22.1. The number of halogens is 1. The molecule has 0 aromatic carbocycles. The molecule has 2 rings (SSSR count). The van der Waals surface area contributed by atoms with Gasteiger partial charge in [0.15, 0.2) is 0 Å². The maximum atomic E-state index is 6.39. The maximum absolute atomic E-state index is 6.39. The van der Waals surface area contributed by atoms with Gasteiger partial charge in [-0.05, 0) is 36.3 Å². The summed E-state index contributed by atoms with van der Waals surface area (Å²) in [4.78, 5) is 2.39. The Bertz CT molecular complexity index is 449. The standard InChI is InChI=1S/C14H25BrN4O/c1-4-18-6-7-20-13(9-18)11(16)8-12-14(15)10(3)17-19(12)5-2/h11,13H,4-9,16H2,1-3H3. The third-order valence-corrected chi connectivity index (χ3v) is 5.02. The van der Waals surface area contributed by atoms with E-state index in [2.05, 4.69) is 39.8 Å². The van der Waals surface area contributed by atoms with Crippen LogP contribution in [0.5, 0.6) is 0 Å². The number of hydrogen-bond acceptors (Lipinski definition) is 4. The first-order chi connectivity index (χ1) is 9.56. The number of nitrogens with zero attached hydrogens (tertiary/aromatic N) is 3. The minimum atomic E-state index is 0.00190. The fourth-order valence-corrected chi connectivity index (χ4v) is 3.14. The van der Waals surface area contributed by atoms with Crippen molar-refractivity contribution in [3.63, 3.8) is 0 Å². The first kappa shape index (κ1) is 15.9. The van der Waals surface area contributed by atoms with Crippen molar-refractivity contribution in [2.75, 3.05) is 26.2 Å². The summed E-state index contributed by atoms with van der Waals surface area (Å²) in [6.45, 7) is 10.9. The molecule has 6 heteroatoms. The highest BCUT2D eigenvalue weighted by Gasteiger charge is 2.27. The SMILES string of the molecule is CCN1CCOC(C(N)Cc2c(Br)c(C)nn2CC)C1. The van der Waals surface area contributed by atoms with Gasteiger partial charge in [0.05, 0.1) is 28.6 Å². The molecule has 0 amide bonds. The summed E-state index contributed by atoms with van der Waals surface area (Å²) in [5.74, 6) is 0. The van der Waals surface area contributed by atoms with E-state index in [1.165, 1.54) is 5.69 Å². The number of aryl methyl sites for hydroxylation is 2. The van der Waals surface area contributed by atoms with E-state index in [-0.39, 0.29) is 12.1 Å². The number of morpholine rings is 1. The Morgan fingerprint density at radius 2 is 2.20 bits per heavy atom. The molecule has 20 heavy (non-hydrogen) atoms. The summed E-state index contributed by atoms with van der Waals surface area (Å²) in [7, 11) is 0. The molecule has 2 N–H and O–H groups in total. The lowest BCUT2D eigenvalue weighted by molar-refractivity contribution is -0.0388. The molecule has 2 unspecified atom stereocenters. The van der Waals surface area contributed by atoms with Crippen molar-refractivity contribution in [3.8, 4) is 0 Å². The van der Waals surface area contributed by atoms with Crippen molar-refractivity contribution in [1.29, 1.82) is 0 Å². The molecule has 5 nitrogen and oxygen atoms in total. The minimum Gasteiger partial charge on any atom is -0.374 e. The van der Waals surface area contributed by atoms with E-state index in [1.807, 2.05) is 11.6 Å². The van der Waals surface area contributed by atoms with E-state index >= 15 is 0 Å². The maximum Gasteiger partial charge on any atom is 0.0856 e. The largest absolute Gasteiger partial charge is 0.374 e. The molecule has 0 radical (unpaired) electrons. The summed E-state index contributed by atoms with van der Waals surface area (Å²) in [5.41, 5.74) is 8.58. The summed E-state index contributed by atoms with van der Waals surface area (Å²) in [5, 5.41) is 4.52. The van der Waals surface area contributed by atoms with E-state index in [9.17, 15) is 0 Å². The summed E-state index contributed by atoms with van der Waals surface area (Å²) >= 11 is 3.63. The lowest BCUT2D eigenvalue weighted by Crippen LogP contribution is -2.51. The van der Waals surface area contributed by atoms with Crippen molar-refractivity contribution >= 4 is 15.9 Å². The number of nitrogens with two attached hydrogens (primary N) is 1. The Morgan fingerprint density at radius 3 is 2.85 bits per heavy atom. The predicted molar refractivity (Wildman–Crippen MR) is 83.9 cm³/mol. The first-order valence-corrected chi connectivity index (χ1v) is 8.17. The molecular weight excluding hydrogens is 320 g/mol. The lowest BCUT2D eigenvalue weighted by Gasteiger charge is -2.35. The van der Waals surface area contributed by atoms with Crippen LogP contribution >= 0.6 is 15.9 Å². The minimum absolute atomic E-state index is 0.00190. The molecule has 1 aliphatic heterocycles. The summed E-state index contributed by atoms with van der Waals surface area (Å²) in [6.07, 6.45) is 0.897. The highest BCUT2D eigenvalue weighted by molar-refractivity contribution is 9.10. The van der Waals surface area contributed by atoms with Crippen LogP contribution in [-0.2, 0) is 17.7 Å². The molecule has 0 bridgehead atoms. The first-order valence-electron chi connectivity index (χ1n) is 7.38. The summed E-state index contributed by atoms with van der Waals surface area (Å²) in [6, 6.07) is 0.00190. The van der Waals surface area contributed by atoms with Gasteiger partial charge in [0.2, 0.25) is 0 Å². The van der Waals surface area contributed by atoms with Crippen LogP contribution in [0.4, 0.5) is 0 Å². The van der Waals surface area contributed by atoms with Crippen LogP contribution in [0, 0.1) is 6.92 Å². The van der Waals surface area contributed by atoms with Gasteiger partial charge in [-0.2, -0.15) is 5.10 Å². The van der Waals surface area contributed by atoms with Gasteiger partial charge in [0.25, 0.3) is 0 Å². The van der Waals surface area contributed by atoms with Gasteiger partial charge in [-0.3, -0.25) is 9.58 Å². The topological polar surface area (TPSA) is 56.3 Å². The predicted octanol–water partition coefficient (Wildman–Crippen LogP) is 1.56. The molecule has 2 heterocycles. The van der Waals surface area contributed by atoms with E-state index in [0.717, 1.165) is 49.4 Å². The quantitative estimate of drug-likeness (QED) is 0.880. The molecule has 114 valence electrons. The zero-order valence-corrected chi connectivity index (χ0v) is 14.2. The van der Waals surface area contributed by atoms with Gasteiger partial charge < -0.3 is 10.5 Å². The van der Waals surface area contributed by atoms with Gasteiger partial charge in [-0.1, -0.05) is 6.92 Å². The highest BCUT2D eigenvalue weighted by atomic mass is 79.9. The van der Waals surface area contributed by atoms with E-state index in [0.29, 0.717) is 0 Å². The average molecular weight is 345 g/mol. The molecule has 0 spiro atoms. The van der Waals surface area contributed by atoms with Crippen LogP contribution in [0.2, 0.25) is 0 Å². The van der Waals surface area contributed by atoms with Crippen LogP contribution in [0.3, 0.4) is 0 Å². The van der Waals surface area contributed by atoms with Gasteiger partial charge in [0.1, 0.15) is 0 Å². The molecule has 1 aromatic rings. The van der Waals surface area contributed by atoms with E-state index in [1.54, 1.807) is 0 Å². The molecule has 0 saturated carbocycles. The van der Waals surface area contributed by atoms with Gasteiger partial charge >= 0.3 is 0 Å². The molecular formula is C14H25BrN4O. The van der Waals surface area contributed by atoms with Crippen LogP contribution in [0.1, 0.15) is 25.2 Å². The van der Waals surface area contributed by atoms with Crippen LogP contribution in [-0.4, -0.2) is 53.1 Å². The monoisotopic (exact) mass is 344 g/mol. The molecule has 0 aliphatic carbocycles. The zero-order chi connectivity index (χ0) is 14.7. The Hall–Kier alpha value is -0.430. The highest BCUT2D eigenvalue weighted by Crippen LogP contribution is 2.23. The van der Waals surface area contributed by atoms with Crippen molar-refractivity contribution in [1.82, 2.24) is 14.7 Å². The summed E-state index contributed by atoms with van der Waals surface area (Å²) < 4.78 is 8.96. The Morgan fingerprint density at radius 1 is 1.45 bits per heavy atom. The number of hydrogen-bond donors (Lipinski definition) is 1. The molecule has 1 aliphatic rings. The lowest BCUT2D eigenvalue weighted by atomic mass is 10.0. The third kappa shape index (κ3) is 3.42. The van der Waals surface area contributed by atoms with Crippen LogP contribution in [0.25, 0.3) is 0 Å². The second-order valence-electron chi connectivity index (χ2n) is 5.33. The Labute approximate surface area is 129 Å². The number of rotatable bonds is 5. The van der Waals surface area contributed by atoms with Crippen molar-refractivity contribution in [3.05, 3.63) is 15.9 Å². The number of aromatic nitrogens is 2. The average Bonchev–Trinajstić information content (AvgIpc) is 2.75. The van der Waals surface area contributed by atoms with Gasteiger partial charge in [-0.25, -0.2) is 0 Å². The second kappa shape index (κ2) is 7.02. The Kier molecular flexibility index (Phi) is 5.60. The third-order valence-electron chi connectivity index (χ3n) is 3.98. The zero-order valence-electron chi connectivity index (χ0n) is 12.6. The second-order valence-corrected chi connectivity index (χ2v) is 6.13. The Balaban J connectivity index is 2.05. The van der Waals surface area contributed by atoms with E-state index in [4.69, 9.17) is 10.5 Å². The van der Waals surface area contributed by atoms with Crippen LogP contribution in [0.15, 0.2) is 4.47 Å². The molecule has 2 atom stereocenters. The smallest absolute Gasteiger partial charge is 0.0856 e. The van der Waals surface area contributed by atoms with Crippen LogP contribution < -0.4 is 5.73 Å². The van der Waals surface area contributed by atoms with E-state index < -0.39 is 0 Å². The van der Waals surface area contributed by atoms with Crippen molar-refractivity contribution < 1.29 is 4.74 Å². The fourth-order valence-electron chi connectivity index (χ4n) is 2.70. The molecule has 1 fully saturated rings. The number of likely N-dealkylation sites (N-methyl/N-ethyl adjacent to an activating group) is 1. The van der Waals surface area contributed by atoms with Crippen molar-refractivity contribution in [2.45, 2.75) is 45.9 Å². The van der Waals surface area contributed by atoms with Crippen molar-refractivity contribution in [2.24, 2.45) is 5.73 Å². The fraction of sp³-hybridized carbons (Fsp3) is 0.786.